The Morgan fingerprint density at radius 1 is 1.50 bits per heavy atom. The number of ketones is 1. The highest BCUT2D eigenvalue weighted by Gasteiger charge is 2.11. The van der Waals surface area contributed by atoms with Gasteiger partial charge in [0.05, 0.1) is 5.75 Å². The molecule has 0 fully saturated rings. The molecule has 0 radical (unpaired) electrons. The fourth-order valence-corrected chi connectivity index (χ4v) is 2.66. The lowest BCUT2D eigenvalue weighted by atomic mass is 10.2. The molecule has 1 heterocycles. The molecule has 0 aliphatic rings. The third-order valence-corrected chi connectivity index (χ3v) is 4.05. The van der Waals surface area contributed by atoms with Crippen LogP contribution >= 0.6 is 11.8 Å². The highest BCUT2D eigenvalue weighted by Crippen LogP contribution is 2.16. The highest BCUT2D eigenvalue weighted by molar-refractivity contribution is 7.99. The Kier molecular flexibility index (Phi) is 5.13. The van der Waals surface area contributed by atoms with Crippen LogP contribution < -0.4 is 0 Å². The molecule has 0 aliphatic carbocycles. The van der Waals surface area contributed by atoms with Crippen LogP contribution in [0.25, 0.3) is 0 Å². The fourth-order valence-electron chi connectivity index (χ4n) is 1.56. The Balaban J connectivity index is 2.44. The molecule has 0 saturated carbocycles. The standard InChI is InChI=1S/C13H21NOS/c1-5-9(2)7-16-8-13(15)12-6-10(3)14-11(12)4/h6,9,14H,5,7-8H2,1-4H3. The van der Waals surface area contributed by atoms with E-state index in [0.29, 0.717) is 11.7 Å². The molecule has 0 aromatic carbocycles. The Labute approximate surface area is 102 Å². The smallest absolute Gasteiger partial charge is 0.174 e. The number of Topliss-reactive ketones (excluding diaryl/α,β-unsaturated/α-hetero) is 1. The summed E-state index contributed by atoms with van der Waals surface area (Å²) in [6.07, 6.45) is 1.18. The van der Waals surface area contributed by atoms with E-state index in [-0.39, 0.29) is 5.78 Å². The summed E-state index contributed by atoms with van der Waals surface area (Å²) >= 11 is 1.74. The summed E-state index contributed by atoms with van der Waals surface area (Å²) in [4.78, 5) is 15.1. The fraction of sp³-hybridized carbons (Fsp3) is 0.615. The average Bonchev–Trinajstić information content (AvgIpc) is 2.57. The van der Waals surface area contributed by atoms with Crippen LogP contribution in [0.3, 0.4) is 0 Å². The summed E-state index contributed by atoms with van der Waals surface area (Å²) in [5.41, 5.74) is 2.91. The maximum atomic E-state index is 11.9. The first-order valence-corrected chi connectivity index (χ1v) is 6.97. The lowest BCUT2D eigenvalue weighted by molar-refractivity contribution is 0.102. The minimum absolute atomic E-state index is 0.246. The van der Waals surface area contributed by atoms with Crippen LogP contribution in [0.1, 0.15) is 42.0 Å². The van der Waals surface area contributed by atoms with E-state index in [9.17, 15) is 4.79 Å². The van der Waals surface area contributed by atoms with Gasteiger partial charge in [0.1, 0.15) is 0 Å². The number of H-pyrrole nitrogens is 1. The zero-order valence-corrected chi connectivity index (χ0v) is 11.4. The Morgan fingerprint density at radius 2 is 2.19 bits per heavy atom. The minimum atomic E-state index is 0.246. The second kappa shape index (κ2) is 6.14. The summed E-state index contributed by atoms with van der Waals surface area (Å²) in [6.45, 7) is 8.35. The van der Waals surface area contributed by atoms with Crippen LogP contribution in [0, 0.1) is 19.8 Å². The van der Waals surface area contributed by atoms with Crippen molar-refractivity contribution in [2.75, 3.05) is 11.5 Å². The van der Waals surface area contributed by atoms with Crippen LogP contribution in [0.2, 0.25) is 0 Å². The second-order valence-corrected chi connectivity index (χ2v) is 5.47. The molecule has 1 aromatic heterocycles. The number of aromatic amines is 1. The number of rotatable bonds is 6. The van der Waals surface area contributed by atoms with Crippen molar-refractivity contribution >= 4 is 17.5 Å². The van der Waals surface area contributed by atoms with Crippen molar-refractivity contribution in [1.82, 2.24) is 4.98 Å². The van der Waals surface area contributed by atoms with Crippen molar-refractivity contribution in [1.29, 1.82) is 0 Å². The highest BCUT2D eigenvalue weighted by atomic mass is 32.2. The largest absolute Gasteiger partial charge is 0.362 e. The van der Waals surface area contributed by atoms with Gasteiger partial charge in [0.2, 0.25) is 0 Å². The van der Waals surface area contributed by atoms with Crippen molar-refractivity contribution in [3.05, 3.63) is 23.0 Å². The molecule has 0 spiro atoms. The van der Waals surface area contributed by atoms with Gasteiger partial charge in [-0.15, -0.1) is 0 Å². The average molecular weight is 239 g/mol. The number of thioether (sulfide) groups is 1. The molecule has 16 heavy (non-hydrogen) atoms. The Morgan fingerprint density at radius 3 is 2.69 bits per heavy atom. The number of carbonyl (C=O) groups excluding carboxylic acids is 1. The predicted molar refractivity (Wildman–Crippen MR) is 71.4 cm³/mol. The van der Waals surface area contributed by atoms with Gasteiger partial charge < -0.3 is 4.98 Å². The first kappa shape index (κ1) is 13.4. The Bertz CT molecular complexity index is 357. The monoisotopic (exact) mass is 239 g/mol. The minimum Gasteiger partial charge on any atom is -0.362 e. The van der Waals surface area contributed by atoms with E-state index >= 15 is 0 Å². The molecule has 0 saturated heterocycles. The second-order valence-electron chi connectivity index (χ2n) is 4.44. The normalized spacial score (nSPS) is 12.8. The van der Waals surface area contributed by atoms with E-state index in [1.807, 2.05) is 19.9 Å². The molecule has 0 bridgehead atoms. The molecule has 1 N–H and O–H groups in total. The van der Waals surface area contributed by atoms with Crippen molar-refractivity contribution in [2.45, 2.75) is 34.1 Å². The van der Waals surface area contributed by atoms with Crippen LogP contribution in [-0.2, 0) is 0 Å². The molecule has 0 aliphatic heterocycles. The molecule has 1 unspecified atom stereocenters. The van der Waals surface area contributed by atoms with Gasteiger partial charge >= 0.3 is 0 Å². The molecule has 3 heteroatoms. The molecule has 1 atom stereocenters. The number of hydrogen-bond donors (Lipinski definition) is 1. The molecule has 0 amide bonds. The summed E-state index contributed by atoms with van der Waals surface area (Å²) in [5, 5.41) is 0. The van der Waals surface area contributed by atoms with Crippen molar-refractivity contribution in [2.24, 2.45) is 5.92 Å². The maximum absolute atomic E-state index is 11.9. The van der Waals surface area contributed by atoms with Gasteiger partial charge in [0.15, 0.2) is 5.78 Å². The quantitative estimate of drug-likeness (QED) is 0.769. The lowest BCUT2D eigenvalue weighted by Crippen LogP contribution is -2.05. The van der Waals surface area contributed by atoms with E-state index in [4.69, 9.17) is 0 Å². The van der Waals surface area contributed by atoms with Gasteiger partial charge in [0, 0.05) is 17.0 Å². The first-order valence-electron chi connectivity index (χ1n) is 5.81. The van der Waals surface area contributed by atoms with Crippen LogP contribution in [0.15, 0.2) is 6.07 Å². The molecule has 2 nitrogen and oxygen atoms in total. The van der Waals surface area contributed by atoms with E-state index in [1.54, 1.807) is 11.8 Å². The topological polar surface area (TPSA) is 32.9 Å². The summed E-state index contributed by atoms with van der Waals surface area (Å²) in [6, 6.07) is 1.95. The molecule has 90 valence electrons. The van der Waals surface area contributed by atoms with Gasteiger partial charge in [0.25, 0.3) is 0 Å². The van der Waals surface area contributed by atoms with Crippen LogP contribution in [-0.4, -0.2) is 22.3 Å². The Hall–Kier alpha value is -0.700. The third-order valence-electron chi connectivity index (χ3n) is 2.78. The summed E-state index contributed by atoms with van der Waals surface area (Å²) < 4.78 is 0. The van der Waals surface area contributed by atoms with Gasteiger partial charge in [-0.1, -0.05) is 20.3 Å². The van der Waals surface area contributed by atoms with E-state index < -0.39 is 0 Å². The van der Waals surface area contributed by atoms with Gasteiger partial charge in [-0.05, 0) is 31.6 Å². The van der Waals surface area contributed by atoms with E-state index in [2.05, 4.69) is 18.8 Å². The first-order chi connectivity index (χ1) is 7.54. The van der Waals surface area contributed by atoms with Gasteiger partial charge in [-0.2, -0.15) is 11.8 Å². The number of aryl methyl sites for hydroxylation is 2. The van der Waals surface area contributed by atoms with Crippen LogP contribution in [0.5, 0.6) is 0 Å². The number of aromatic nitrogens is 1. The predicted octanol–water partition coefficient (Wildman–Crippen LogP) is 3.59. The summed E-state index contributed by atoms with van der Waals surface area (Å²) in [5.74, 6) is 2.62. The number of hydrogen-bond acceptors (Lipinski definition) is 2. The van der Waals surface area contributed by atoms with Crippen molar-refractivity contribution < 1.29 is 4.79 Å². The van der Waals surface area contributed by atoms with Gasteiger partial charge in [-0.25, -0.2) is 0 Å². The molecule has 1 rings (SSSR count). The van der Waals surface area contributed by atoms with Crippen molar-refractivity contribution in [3.63, 3.8) is 0 Å². The van der Waals surface area contributed by atoms with Crippen molar-refractivity contribution in [3.8, 4) is 0 Å². The molecular formula is C13H21NOS. The molecular weight excluding hydrogens is 218 g/mol. The van der Waals surface area contributed by atoms with E-state index in [1.165, 1.54) is 6.42 Å². The zero-order chi connectivity index (χ0) is 12.1. The third kappa shape index (κ3) is 3.71. The van der Waals surface area contributed by atoms with Crippen LogP contribution in [0.4, 0.5) is 0 Å². The SMILES string of the molecule is CCC(C)CSCC(=O)c1cc(C)[nH]c1C. The number of carbonyl (C=O) groups is 1. The lowest BCUT2D eigenvalue weighted by Gasteiger charge is -2.06. The van der Waals surface area contributed by atoms with E-state index in [0.717, 1.165) is 22.7 Å². The summed E-state index contributed by atoms with van der Waals surface area (Å²) in [7, 11) is 0. The zero-order valence-electron chi connectivity index (χ0n) is 10.6. The maximum Gasteiger partial charge on any atom is 0.174 e. The van der Waals surface area contributed by atoms with Gasteiger partial charge in [-0.3, -0.25) is 4.79 Å². The number of nitrogens with one attached hydrogen (secondary N) is 1. The molecule has 1 aromatic rings.